The lowest BCUT2D eigenvalue weighted by molar-refractivity contribution is -0.139. The molecule has 0 atom stereocenters. The third kappa shape index (κ3) is 6.14. The molecule has 3 N–H and O–H groups in total. The van der Waals surface area contributed by atoms with E-state index in [1.54, 1.807) is 12.1 Å². The van der Waals surface area contributed by atoms with Crippen molar-refractivity contribution < 1.29 is 28.2 Å². The number of aliphatic carboxylic acids is 1. The second kappa shape index (κ2) is 9.33. The van der Waals surface area contributed by atoms with Crippen molar-refractivity contribution in [2.45, 2.75) is 45.0 Å². The fourth-order valence-corrected chi connectivity index (χ4v) is 2.88. The Morgan fingerprint density at radius 3 is 2.50 bits per heavy atom. The van der Waals surface area contributed by atoms with Gasteiger partial charge in [-0.2, -0.15) is 8.78 Å². The van der Waals surface area contributed by atoms with Crippen LogP contribution in [0.4, 0.5) is 13.6 Å². The summed E-state index contributed by atoms with van der Waals surface area (Å²) in [6.45, 7) is -0.0346. The molecule has 0 bridgehead atoms. The Balaban J connectivity index is 1.68. The summed E-state index contributed by atoms with van der Waals surface area (Å²) in [5, 5.41) is 14.4. The van der Waals surface area contributed by atoms with Crippen molar-refractivity contribution in [1.82, 2.24) is 15.5 Å². The predicted octanol–water partition coefficient (Wildman–Crippen LogP) is 2.02. The quantitative estimate of drug-likeness (QED) is 0.618. The van der Waals surface area contributed by atoms with E-state index in [1.807, 2.05) is 11.8 Å². The highest BCUT2D eigenvalue weighted by molar-refractivity contribution is 5.74. The summed E-state index contributed by atoms with van der Waals surface area (Å²) in [6, 6.07) is 5.90. The summed E-state index contributed by atoms with van der Waals surface area (Å²) in [4.78, 5) is 24.6. The number of benzene rings is 1. The monoisotopic (exact) mass is 371 g/mol. The molecule has 2 amide bonds. The molecule has 26 heavy (non-hydrogen) atoms. The van der Waals surface area contributed by atoms with E-state index in [2.05, 4.69) is 15.4 Å². The molecule has 0 heterocycles. The van der Waals surface area contributed by atoms with Gasteiger partial charge in [0.05, 0.1) is 6.54 Å². The van der Waals surface area contributed by atoms with Gasteiger partial charge in [0.25, 0.3) is 0 Å². The van der Waals surface area contributed by atoms with Crippen molar-refractivity contribution in [2.75, 3.05) is 13.1 Å². The number of ether oxygens (including phenoxy) is 1. The molecule has 2 rings (SSSR count). The molecule has 0 saturated heterocycles. The summed E-state index contributed by atoms with van der Waals surface area (Å²) in [6.07, 6.45) is 1.43. The number of carboxylic acid groups (broad SMARTS) is 1. The molecule has 0 radical (unpaired) electrons. The Morgan fingerprint density at radius 2 is 1.96 bits per heavy atom. The van der Waals surface area contributed by atoms with Gasteiger partial charge in [0.15, 0.2) is 0 Å². The largest absolute Gasteiger partial charge is 0.480 e. The Hall–Kier alpha value is -2.42. The van der Waals surface area contributed by atoms with E-state index < -0.39 is 12.6 Å². The minimum absolute atomic E-state index is 0.00531. The molecule has 1 fully saturated rings. The zero-order valence-electron chi connectivity index (χ0n) is 14.5. The lowest BCUT2D eigenvalue weighted by Gasteiger charge is -2.42. The summed E-state index contributed by atoms with van der Waals surface area (Å²) in [5.74, 6) is -0.790. The zero-order chi connectivity index (χ0) is 19.1. The van der Waals surface area contributed by atoms with E-state index in [9.17, 15) is 18.4 Å². The molecule has 1 aromatic rings. The molecule has 0 aromatic heterocycles. The summed E-state index contributed by atoms with van der Waals surface area (Å²) >= 11 is 0. The number of hydrogen-bond acceptors (Lipinski definition) is 4. The van der Waals surface area contributed by atoms with Gasteiger partial charge in [-0.25, -0.2) is 4.79 Å². The van der Waals surface area contributed by atoms with Crippen molar-refractivity contribution in [3.05, 3.63) is 29.8 Å². The van der Waals surface area contributed by atoms with E-state index in [4.69, 9.17) is 5.11 Å². The standard InChI is InChI=1S/C17H23F2N3O4/c1-2-22(10-15(23)24)13-7-12(8-13)21-17(25)20-9-11-3-5-14(6-4-11)26-16(18)19/h3-6,12-13,16H,2,7-10H2,1H3,(H,23,24)(H2,20,21,25). The van der Waals surface area contributed by atoms with Crippen molar-refractivity contribution >= 4 is 12.0 Å². The average Bonchev–Trinajstić information content (AvgIpc) is 2.54. The van der Waals surface area contributed by atoms with E-state index in [0.717, 1.165) is 5.56 Å². The van der Waals surface area contributed by atoms with E-state index in [-0.39, 0.29) is 37.0 Å². The van der Waals surface area contributed by atoms with Crippen LogP contribution >= 0.6 is 0 Å². The van der Waals surface area contributed by atoms with Crippen molar-refractivity contribution in [2.24, 2.45) is 0 Å². The first-order valence-electron chi connectivity index (χ1n) is 8.41. The SMILES string of the molecule is CCN(CC(=O)O)C1CC(NC(=O)NCc2ccc(OC(F)F)cc2)C1. The Labute approximate surface area is 150 Å². The van der Waals surface area contributed by atoms with Crippen LogP contribution in [-0.2, 0) is 11.3 Å². The summed E-state index contributed by atoms with van der Waals surface area (Å²) in [5.41, 5.74) is 0.756. The molecule has 0 aliphatic heterocycles. The molecule has 9 heteroatoms. The highest BCUT2D eigenvalue weighted by Crippen LogP contribution is 2.25. The number of likely N-dealkylation sites (N-methyl/N-ethyl adjacent to an activating group) is 1. The molecule has 1 aliphatic rings. The van der Waals surface area contributed by atoms with Crippen LogP contribution in [0.15, 0.2) is 24.3 Å². The third-order valence-electron chi connectivity index (χ3n) is 4.31. The summed E-state index contributed by atoms with van der Waals surface area (Å²) in [7, 11) is 0. The fraction of sp³-hybridized carbons (Fsp3) is 0.529. The summed E-state index contributed by atoms with van der Waals surface area (Å²) < 4.78 is 28.4. The smallest absolute Gasteiger partial charge is 0.387 e. The Morgan fingerprint density at radius 1 is 1.31 bits per heavy atom. The molecule has 1 aliphatic carbocycles. The minimum atomic E-state index is -2.87. The van der Waals surface area contributed by atoms with Crippen LogP contribution < -0.4 is 15.4 Å². The van der Waals surface area contributed by atoms with Gasteiger partial charge >= 0.3 is 18.6 Å². The van der Waals surface area contributed by atoms with Gasteiger partial charge in [0.1, 0.15) is 5.75 Å². The van der Waals surface area contributed by atoms with Crippen molar-refractivity contribution in [3.8, 4) is 5.75 Å². The van der Waals surface area contributed by atoms with Crippen LogP contribution in [0.3, 0.4) is 0 Å². The number of carboxylic acids is 1. The maximum absolute atomic E-state index is 12.1. The van der Waals surface area contributed by atoms with Crippen molar-refractivity contribution in [3.63, 3.8) is 0 Å². The number of hydrogen-bond donors (Lipinski definition) is 3. The van der Waals surface area contributed by atoms with Crippen LogP contribution in [0.5, 0.6) is 5.75 Å². The van der Waals surface area contributed by atoms with Gasteiger partial charge in [-0.3, -0.25) is 9.69 Å². The predicted molar refractivity (Wildman–Crippen MR) is 90.1 cm³/mol. The molecule has 0 spiro atoms. The van der Waals surface area contributed by atoms with Crippen LogP contribution in [0.1, 0.15) is 25.3 Å². The lowest BCUT2D eigenvalue weighted by atomic mass is 9.85. The van der Waals surface area contributed by atoms with Gasteiger partial charge in [0, 0.05) is 18.6 Å². The van der Waals surface area contributed by atoms with Gasteiger partial charge < -0.3 is 20.5 Å². The van der Waals surface area contributed by atoms with Crippen LogP contribution in [0, 0.1) is 0 Å². The number of nitrogens with zero attached hydrogens (tertiary/aromatic N) is 1. The Kier molecular flexibility index (Phi) is 7.14. The van der Waals surface area contributed by atoms with Gasteiger partial charge in [0.2, 0.25) is 0 Å². The maximum Gasteiger partial charge on any atom is 0.387 e. The maximum atomic E-state index is 12.1. The second-order valence-corrected chi connectivity index (χ2v) is 6.13. The van der Waals surface area contributed by atoms with E-state index in [0.29, 0.717) is 19.4 Å². The Bertz CT molecular complexity index is 607. The molecule has 1 saturated carbocycles. The van der Waals surface area contributed by atoms with Gasteiger partial charge in [-0.05, 0) is 37.1 Å². The second-order valence-electron chi connectivity index (χ2n) is 6.13. The average molecular weight is 371 g/mol. The first kappa shape index (κ1) is 19.9. The number of rotatable bonds is 9. The highest BCUT2D eigenvalue weighted by Gasteiger charge is 2.34. The number of urea groups is 1. The van der Waals surface area contributed by atoms with E-state index >= 15 is 0 Å². The van der Waals surface area contributed by atoms with Gasteiger partial charge in [-0.1, -0.05) is 19.1 Å². The molecule has 1 aromatic carbocycles. The van der Waals surface area contributed by atoms with Gasteiger partial charge in [-0.15, -0.1) is 0 Å². The molecule has 144 valence electrons. The molecular weight excluding hydrogens is 348 g/mol. The normalized spacial score (nSPS) is 19.1. The number of amides is 2. The number of carbonyl (C=O) groups is 2. The fourth-order valence-electron chi connectivity index (χ4n) is 2.88. The third-order valence-corrected chi connectivity index (χ3v) is 4.31. The van der Waals surface area contributed by atoms with Crippen LogP contribution in [-0.4, -0.2) is 53.8 Å². The first-order chi connectivity index (χ1) is 12.4. The lowest BCUT2D eigenvalue weighted by Crippen LogP contribution is -2.56. The highest BCUT2D eigenvalue weighted by atomic mass is 19.3. The topological polar surface area (TPSA) is 90.9 Å². The van der Waals surface area contributed by atoms with Crippen molar-refractivity contribution in [1.29, 1.82) is 0 Å². The molecular formula is C17H23F2N3O4. The number of nitrogens with one attached hydrogen (secondary N) is 2. The molecule has 0 unspecified atom stereocenters. The van der Waals surface area contributed by atoms with Crippen LogP contribution in [0.25, 0.3) is 0 Å². The number of alkyl halides is 2. The first-order valence-corrected chi connectivity index (χ1v) is 8.41. The number of carbonyl (C=O) groups excluding carboxylic acids is 1. The van der Waals surface area contributed by atoms with E-state index in [1.165, 1.54) is 12.1 Å². The number of halogens is 2. The zero-order valence-corrected chi connectivity index (χ0v) is 14.5. The molecule has 7 nitrogen and oxygen atoms in total. The van der Waals surface area contributed by atoms with Crippen LogP contribution in [0.2, 0.25) is 0 Å². The minimum Gasteiger partial charge on any atom is -0.480 e.